The van der Waals surface area contributed by atoms with Crippen molar-refractivity contribution in [2.75, 3.05) is 5.32 Å². The van der Waals surface area contributed by atoms with E-state index in [-0.39, 0.29) is 5.91 Å². The van der Waals surface area contributed by atoms with Crippen LogP contribution < -0.4 is 5.32 Å². The average Bonchev–Trinajstić information content (AvgIpc) is 2.62. The van der Waals surface area contributed by atoms with Crippen LogP contribution in [-0.2, 0) is 0 Å². The number of aryl methyl sites for hydroxylation is 3. The summed E-state index contributed by atoms with van der Waals surface area (Å²) in [6, 6.07) is 5.68. The van der Waals surface area contributed by atoms with Crippen molar-refractivity contribution < 1.29 is 4.79 Å². The molecule has 0 aliphatic carbocycles. The Morgan fingerprint density at radius 1 is 1.29 bits per heavy atom. The molecule has 2 N–H and O–H groups in total. The van der Waals surface area contributed by atoms with Crippen molar-refractivity contribution in [3.8, 4) is 0 Å². The molecule has 2 heterocycles. The Balaban J connectivity index is 2.21. The molecule has 2 aromatic heterocycles. The second-order valence-corrected chi connectivity index (χ2v) is 4.16. The number of aromatic amines is 1. The molecule has 0 aromatic carbocycles. The van der Waals surface area contributed by atoms with E-state index in [0.717, 1.165) is 16.8 Å². The Kier molecular flexibility index (Phi) is 2.95. The molecule has 2 rings (SSSR count). The van der Waals surface area contributed by atoms with Gasteiger partial charge in [0.25, 0.3) is 5.91 Å². The van der Waals surface area contributed by atoms with Gasteiger partial charge in [-0.25, -0.2) is 4.98 Å². The lowest BCUT2D eigenvalue weighted by Crippen LogP contribution is -2.14. The lowest BCUT2D eigenvalue weighted by atomic mass is 10.2. The van der Waals surface area contributed by atoms with E-state index in [4.69, 9.17) is 0 Å². The molecule has 0 bridgehead atoms. The monoisotopic (exact) mass is 229 g/mol. The van der Waals surface area contributed by atoms with Crippen LogP contribution in [0.25, 0.3) is 0 Å². The van der Waals surface area contributed by atoms with Gasteiger partial charge >= 0.3 is 0 Å². The first-order chi connectivity index (χ1) is 8.06. The van der Waals surface area contributed by atoms with E-state index in [9.17, 15) is 4.79 Å². The zero-order chi connectivity index (χ0) is 12.4. The van der Waals surface area contributed by atoms with Crippen LogP contribution in [0.15, 0.2) is 24.4 Å². The summed E-state index contributed by atoms with van der Waals surface area (Å²) < 4.78 is 0. The molecule has 0 aliphatic heterocycles. The van der Waals surface area contributed by atoms with Crippen LogP contribution in [0.3, 0.4) is 0 Å². The van der Waals surface area contributed by atoms with Crippen LogP contribution in [0.2, 0.25) is 0 Å². The van der Waals surface area contributed by atoms with Gasteiger partial charge in [0.2, 0.25) is 0 Å². The smallest absolute Gasteiger partial charge is 0.273 e. The summed E-state index contributed by atoms with van der Waals surface area (Å²) >= 11 is 0. The molecule has 0 unspecified atom stereocenters. The fraction of sp³-hybridized carbons (Fsp3) is 0.231. The van der Waals surface area contributed by atoms with Crippen LogP contribution in [0.1, 0.15) is 27.3 Å². The zero-order valence-corrected chi connectivity index (χ0v) is 10.2. The van der Waals surface area contributed by atoms with Crippen LogP contribution in [0.5, 0.6) is 0 Å². The number of anilines is 1. The summed E-state index contributed by atoms with van der Waals surface area (Å²) in [5.41, 5.74) is 3.47. The van der Waals surface area contributed by atoms with E-state index in [1.807, 2.05) is 39.0 Å². The van der Waals surface area contributed by atoms with E-state index >= 15 is 0 Å². The maximum absolute atomic E-state index is 11.9. The molecular weight excluding hydrogens is 214 g/mol. The van der Waals surface area contributed by atoms with Crippen molar-refractivity contribution in [2.24, 2.45) is 0 Å². The van der Waals surface area contributed by atoms with Crippen molar-refractivity contribution in [3.05, 3.63) is 46.9 Å². The number of carbonyl (C=O) groups is 1. The number of nitrogens with one attached hydrogen (secondary N) is 2. The van der Waals surface area contributed by atoms with Crippen molar-refractivity contribution in [1.29, 1.82) is 0 Å². The molecule has 0 spiro atoms. The number of carbonyl (C=O) groups excluding carboxylic acids is 1. The highest BCUT2D eigenvalue weighted by atomic mass is 16.1. The van der Waals surface area contributed by atoms with Crippen LogP contribution in [0, 0.1) is 20.8 Å². The van der Waals surface area contributed by atoms with E-state index in [1.54, 1.807) is 6.20 Å². The number of hydrogen-bond acceptors (Lipinski definition) is 2. The number of rotatable bonds is 2. The maximum atomic E-state index is 11.9. The molecule has 0 saturated heterocycles. The third-order valence-corrected chi connectivity index (χ3v) is 2.52. The molecule has 1 amide bonds. The fourth-order valence-corrected chi connectivity index (χ4v) is 1.78. The number of H-pyrrole nitrogens is 1. The fourth-order valence-electron chi connectivity index (χ4n) is 1.78. The minimum absolute atomic E-state index is 0.162. The van der Waals surface area contributed by atoms with Crippen molar-refractivity contribution in [3.63, 3.8) is 0 Å². The largest absolute Gasteiger partial charge is 0.357 e. The van der Waals surface area contributed by atoms with E-state index in [2.05, 4.69) is 15.3 Å². The molecule has 0 aliphatic rings. The van der Waals surface area contributed by atoms with Gasteiger partial charge in [-0.15, -0.1) is 0 Å². The predicted molar refractivity (Wildman–Crippen MR) is 67.2 cm³/mol. The first-order valence-corrected chi connectivity index (χ1v) is 5.47. The molecule has 4 nitrogen and oxygen atoms in total. The topological polar surface area (TPSA) is 57.8 Å². The van der Waals surface area contributed by atoms with Gasteiger partial charge in [-0.2, -0.15) is 0 Å². The molecular formula is C13H15N3O. The molecule has 4 heteroatoms. The van der Waals surface area contributed by atoms with Crippen LogP contribution in [-0.4, -0.2) is 15.9 Å². The molecule has 0 saturated carbocycles. The summed E-state index contributed by atoms with van der Waals surface area (Å²) in [6.45, 7) is 5.77. The van der Waals surface area contributed by atoms with E-state index in [0.29, 0.717) is 11.5 Å². The first-order valence-electron chi connectivity index (χ1n) is 5.47. The summed E-state index contributed by atoms with van der Waals surface area (Å²) in [5.74, 6) is 0.423. The van der Waals surface area contributed by atoms with E-state index in [1.165, 1.54) is 0 Å². The first kappa shape index (κ1) is 11.4. The lowest BCUT2D eigenvalue weighted by molar-refractivity contribution is 0.102. The van der Waals surface area contributed by atoms with Crippen molar-refractivity contribution in [2.45, 2.75) is 20.8 Å². The van der Waals surface area contributed by atoms with Gasteiger partial charge in [0.15, 0.2) is 0 Å². The normalized spacial score (nSPS) is 10.3. The minimum Gasteiger partial charge on any atom is -0.357 e. The quantitative estimate of drug-likeness (QED) is 0.831. The lowest BCUT2D eigenvalue weighted by Gasteiger charge is -2.06. The molecule has 0 fully saturated rings. The zero-order valence-electron chi connectivity index (χ0n) is 10.2. The standard InChI is InChI=1S/C13H15N3O/c1-8-6-10(3)15-11(7-8)16-13(17)12-9(2)4-5-14-12/h4-7,14H,1-3H3,(H,15,16,17). The number of hydrogen-bond donors (Lipinski definition) is 2. The number of pyridine rings is 1. The summed E-state index contributed by atoms with van der Waals surface area (Å²) in [5, 5.41) is 2.79. The van der Waals surface area contributed by atoms with Gasteiger partial charge < -0.3 is 10.3 Å². The average molecular weight is 229 g/mol. The van der Waals surface area contributed by atoms with Crippen LogP contribution in [0.4, 0.5) is 5.82 Å². The SMILES string of the molecule is Cc1cc(C)nc(NC(=O)c2[nH]ccc2C)c1. The van der Waals surface area contributed by atoms with Crippen molar-refractivity contribution in [1.82, 2.24) is 9.97 Å². The minimum atomic E-state index is -0.162. The molecule has 17 heavy (non-hydrogen) atoms. The second kappa shape index (κ2) is 4.41. The van der Waals surface area contributed by atoms with Gasteiger partial charge in [-0.05, 0) is 50.1 Å². The molecule has 88 valence electrons. The summed E-state index contributed by atoms with van der Waals surface area (Å²) in [6.07, 6.45) is 1.75. The highest BCUT2D eigenvalue weighted by Crippen LogP contribution is 2.11. The Bertz CT molecular complexity index is 537. The summed E-state index contributed by atoms with van der Waals surface area (Å²) in [4.78, 5) is 19.1. The molecule has 2 aromatic rings. The highest BCUT2D eigenvalue weighted by Gasteiger charge is 2.10. The van der Waals surface area contributed by atoms with Crippen molar-refractivity contribution >= 4 is 11.7 Å². The second-order valence-electron chi connectivity index (χ2n) is 4.16. The number of amides is 1. The number of aromatic nitrogens is 2. The summed E-state index contributed by atoms with van der Waals surface area (Å²) in [7, 11) is 0. The van der Waals surface area contributed by atoms with Crippen LogP contribution >= 0.6 is 0 Å². The maximum Gasteiger partial charge on any atom is 0.273 e. The molecule has 0 radical (unpaired) electrons. The number of nitrogens with zero attached hydrogens (tertiary/aromatic N) is 1. The van der Waals surface area contributed by atoms with Gasteiger partial charge in [-0.1, -0.05) is 0 Å². The van der Waals surface area contributed by atoms with Gasteiger partial charge in [0.05, 0.1) is 0 Å². The van der Waals surface area contributed by atoms with Gasteiger partial charge in [0.1, 0.15) is 11.5 Å². The Labute approximate surface area is 100 Å². The predicted octanol–water partition coefficient (Wildman–Crippen LogP) is 2.59. The molecule has 0 atom stereocenters. The highest BCUT2D eigenvalue weighted by molar-refractivity contribution is 6.03. The Morgan fingerprint density at radius 2 is 2.06 bits per heavy atom. The Morgan fingerprint density at radius 3 is 2.65 bits per heavy atom. The van der Waals surface area contributed by atoms with E-state index < -0.39 is 0 Å². The third-order valence-electron chi connectivity index (χ3n) is 2.52. The Hall–Kier alpha value is -2.10. The van der Waals surface area contributed by atoms with Gasteiger partial charge in [0, 0.05) is 11.9 Å². The third kappa shape index (κ3) is 2.53. The van der Waals surface area contributed by atoms with Gasteiger partial charge in [-0.3, -0.25) is 4.79 Å².